The molecule has 0 aliphatic rings. The number of hydrogen-bond acceptors (Lipinski definition) is 5. The Morgan fingerprint density at radius 2 is 2.08 bits per heavy atom. The van der Waals surface area contributed by atoms with Gasteiger partial charge in [0.2, 0.25) is 5.91 Å². The number of amides is 2. The number of hydrogen-bond donors (Lipinski definition) is 2. The van der Waals surface area contributed by atoms with Crippen LogP contribution in [0.5, 0.6) is 11.5 Å². The van der Waals surface area contributed by atoms with Gasteiger partial charge in [0.25, 0.3) is 5.91 Å². The average Bonchev–Trinajstić information content (AvgIpc) is 3.14. The van der Waals surface area contributed by atoms with E-state index in [2.05, 4.69) is 17.2 Å². The van der Waals surface area contributed by atoms with Gasteiger partial charge in [0.15, 0.2) is 0 Å². The zero-order chi connectivity index (χ0) is 18.2. The molecule has 1 aromatic carbocycles. The van der Waals surface area contributed by atoms with Crippen molar-refractivity contribution in [3.63, 3.8) is 0 Å². The summed E-state index contributed by atoms with van der Waals surface area (Å²) in [4.78, 5) is 24.2. The lowest BCUT2D eigenvalue weighted by Crippen LogP contribution is -2.28. The maximum atomic E-state index is 12.5. The molecule has 0 spiro atoms. The molecule has 0 aliphatic heterocycles. The van der Waals surface area contributed by atoms with Crippen molar-refractivity contribution in [2.45, 2.75) is 12.5 Å². The van der Waals surface area contributed by atoms with E-state index in [1.807, 2.05) is 17.5 Å². The van der Waals surface area contributed by atoms with Gasteiger partial charge in [-0.2, -0.15) is 0 Å². The first-order valence-corrected chi connectivity index (χ1v) is 8.26. The predicted molar refractivity (Wildman–Crippen MR) is 95.4 cm³/mol. The summed E-state index contributed by atoms with van der Waals surface area (Å²) in [5.74, 6) is 4.30. The van der Waals surface area contributed by atoms with Crippen molar-refractivity contribution in [1.29, 1.82) is 0 Å². The van der Waals surface area contributed by atoms with E-state index < -0.39 is 11.8 Å². The van der Waals surface area contributed by atoms with Crippen molar-refractivity contribution in [2.24, 2.45) is 5.73 Å². The van der Waals surface area contributed by atoms with Gasteiger partial charge in [-0.15, -0.1) is 11.3 Å². The van der Waals surface area contributed by atoms with Gasteiger partial charge in [0.1, 0.15) is 17.4 Å². The molecule has 6 nitrogen and oxygen atoms in total. The molecule has 0 radical (unpaired) electrons. The summed E-state index contributed by atoms with van der Waals surface area (Å²) in [6.45, 7) is 0.256. The van der Waals surface area contributed by atoms with Crippen LogP contribution in [0.3, 0.4) is 0 Å². The summed E-state index contributed by atoms with van der Waals surface area (Å²) >= 11 is 1.39. The Morgan fingerprint density at radius 1 is 1.28 bits per heavy atom. The molecule has 2 amide bonds. The number of rotatable bonds is 6. The summed E-state index contributed by atoms with van der Waals surface area (Å²) < 4.78 is 10.5. The number of carbonyl (C=O) groups excluding carboxylic acids is 2. The number of ether oxygens (including phenoxy) is 2. The number of nitrogens with one attached hydrogen (secondary N) is 1. The van der Waals surface area contributed by atoms with E-state index in [0.717, 1.165) is 10.4 Å². The third-order valence-electron chi connectivity index (χ3n) is 3.38. The second-order valence-corrected chi connectivity index (χ2v) is 5.96. The van der Waals surface area contributed by atoms with Gasteiger partial charge in [-0.25, -0.2) is 0 Å². The number of thiophene rings is 1. The molecule has 7 heteroatoms. The Kier molecular flexibility index (Phi) is 6.43. The van der Waals surface area contributed by atoms with Gasteiger partial charge in [-0.1, -0.05) is 12.0 Å². The molecule has 0 bridgehead atoms. The van der Waals surface area contributed by atoms with Crippen LogP contribution in [0, 0.1) is 11.8 Å². The molecule has 3 N–H and O–H groups in total. The highest BCUT2D eigenvalue weighted by Crippen LogP contribution is 2.25. The van der Waals surface area contributed by atoms with Crippen molar-refractivity contribution in [2.75, 3.05) is 14.2 Å². The van der Waals surface area contributed by atoms with Crippen molar-refractivity contribution in [1.82, 2.24) is 5.32 Å². The fourth-order valence-corrected chi connectivity index (χ4v) is 2.92. The highest BCUT2D eigenvalue weighted by molar-refractivity contribution is 7.10. The van der Waals surface area contributed by atoms with E-state index >= 15 is 0 Å². The van der Waals surface area contributed by atoms with Crippen molar-refractivity contribution < 1.29 is 19.1 Å². The van der Waals surface area contributed by atoms with Crippen molar-refractivity contribution >= 4 is 23.2 Å². The molecular formula is C18H18N2O4S. The van der Waals surface area contributed by atoms with E-state index in [-0.39, 0.29) is 12.5 Å². The van der Waals surface area contributed by atoms with Gasteiger partial charge < -0.3 is 20.5 Å². The lowest BCUT2D eigenvalue weighted by Gasteiger charge is -2.13. The van der Waals surface area contributed by atoms with E-state index in [0.29, 0.717) is 11.5 Å². The van der Waals surface area contributed by atoms with Gasteiger partial charge in [-0.05, 0) is 29.5 Å². The normalized spacial score (nSPS) is 11.0. The molecule has 0 saturated heterocycles. The molecule has 1 aromatic heterocycles. The Balaban J connectivity index is 2.14. The van der Waals surface area contributed by atoms with E-state index in [1.165, 1.54) is 11.3 Å². The molecule has 25 heavy (non-hydrogen) atoms. The van der Waals surface area contributed by atoms with Crippen LogP contribution < -0.4 is 20.5 Å². The molecule has 2 rings (SSSR count). The predicted octanol–water partition coefficient (Wildman–Crippen LogP) is 1.65. The second kappa shape index (κ2) is 8.76. The largest absolute Gasteiger partial charge is 0.497 e. The molecule has 130 valence electrons. The van der Waals surface area contributed by atoms with E-state index in [1.54, 1.807) is 32.4 Å². The fourth-order valence-electron chi connectivity index (χ4n) is 2.15. The Hall–Kier alpha value is -2.98. The van der Waals surface area contributed by atoms with Crippen LogP contribution in [0.25, 0.3) is 0 Å². The molecule has 2 aromatic rings. The average molecular weight is 358 g/mol. The van der Waals surface area contributed by atoms with Crippen LogP contribution in [0.15, 0.2) is 35.7 Å². The van der Waals surface area contributed by atoms with Crippen molar-refractivity contribution in [3.05, 3.63) is 46.2 Å². The maximum absolute atomic E-state index is 12.5. The second-order valence-electron chi connectivity index (χ2n) is 4.98. The number of nitrogens with two attached hydrogens (primary N) is 1. The third kappa shape index (κ3) is 4.99. The number of primary amides is 1. The standard InChI is InChI=1S/C18H18N2O4S/c1-23-13-6-5-12(15(10-13)24-2)11-20-18(22)14(7-8-17(19)21)16-4-3-9-25-16/h3-6,9-10,14H,11H2,1-2H3,(H2,19,21)(H,20,22). The van der Waals surface area contributed by atoms with Crippen molar-refractivity contribution in [3.8, 4) is 23.3 Å². The lowest BCUT2D eigenvalue weighted by molar-refractivity contribution is -0.121. The van der Waals surface area contributed by atoms with Crippen LogP contribution >= 0.6 is 11.3 Å². The summed E-state index contributed by atoms with van der Waals surface area (Å²) in [6.07, 6.45) is 0. The van der Waals surface area contributed by atoms with E-state index in [9.17, 15) is 9.59 Å². The minimum atomic E-state index is -0.772. The quantitative estimate of drug-likeness (QED) is 0.769. The highest BCUT2D eigenvalue weighted by Gasteiger charge is 2.20. The topological polar surface area (TPSA) is 90.6 Å². The smallest absolute Gasteiger partial charge is 0.293 e. The van der Waals surface area contributed by atoms with Crippen LogP contribution in [-0.4, -0.2) is 26.0 Å². The lowest BCUT2D eigenvalue weighted by atomic mass is 10.1. The van der Waals surface area contributed by atoms with E-state index in [4.69, 9.17) is 15.2 Å². The zero-order valence-electron chi connectivity index (χ0n) is 13.9. The minimum Gasteiger partial charge on any atom is -0.497 e. The van der Waals surface area contributed by atoms with Gasteiger partial charge in [0.05, 0.1) is 14.2 Å². The van der Waals surface area contributed by atoms with Crippen LogP contribution in [0.2, 0.25) is 0 Å². The minimum absolute atomic E-state index is 0.256. The number of carbonyl (C=O) groups is 2. The Bertz CT molecular complexity index is 806. The van der Waals surface area contributed by atoms with Crippen LogP contribution in [-0.2, 0) is 16.1 Å². The number of methoxy groups -OCH3 is 2. The summed E-state index contributed by atoms with van der Waals surface area (Å²) in [5, 5.41) is 4.66. The molecule has 0 saturated carbocycles. The SMILES string of the molecule is COc1ccc(CNC(=O)C(C#CC(N)=O)c2cccs2)c(OC)c1. The first-order valence-electron chi connectivity index (χ1n) is 7.38. The molecule has 0 aliphatic carbocycles. The Labute approximate surface area is 149 Å². The third-order valence-corrected chi connectivity index (χ3v) is 4.31. The molecule has 0 fully saturated rings. The van der Waals surface area contributed by atoms with Gasteiger partial charge in [0, 0.05) is 23.1 Å². The number of benzene rings is 1. The molecule has 1 atom stereocenters. The highest BCUT2D eigenvalue weighted by atomic mass is 32.1. The summed E-state index contributed by atoms with van der Waals surface area (Å²) in [7, 11) is 3.12. The molecule has 1 unspecified atom stereocenters. The van der Waals surface area contributed by atoms with Gasteiger partial charge >= 0.3 is 0 Å². The first-order chi connectivity index (χ1) is 12.0. The maximum Gasteiger partial charge on any atom is 0.293 e. The van der Waals surface area contributed by atoms with Crippen LogP contribution in [0.1, 0.15) is 16.4 Å². The summed E-state index contributed by atoms with van der Waals surface area (Å²) in [6, 6.07) is 8.95. The first kappa shape index (κ1) is 18.4. The molecular weight excluding hydrogens is 340 g/mol. The molecule has 1 heterocycles. The fraction of sp³-hybridized carbons (Fsp3) is 0.222. The van der Waals surface area contributed by atoms with Gasteiger partial charge in [-0.3, -0.25) is 9.59 Å². The monoisotopic (exact) mass is 358 g/mol. The Morgan fingerprint density at radius 3 is 2.68 bits per heavy atom. The zero-order valence-corrected chi connectivity index (χ0v) is 14.7. The van der Waals surface area contributed by atoms with Crippen LogP contribution in [0.4, 0.5) is 0 Å². The summed E-state index contributed by atoms with van der Waals surface area (Å²) in [5.41, 5.74) is 5.85.